The maximum atomic E-state index is 14.5. The number of imidazole rings is 1. The van der Waals surface area contributed by atoms with E-state index in [0.717, 1.165) is 23.9 Å². The van der Waals surface area contributed by atoms with Gasteiger partial charge in [0.25, 0.3) is 0 Å². The number of aromatic amines is 1. The molecular formula is C22H24BrFN4O2. The Morgan fingerprint density at radius 2 is 2.00 bits per heavy atom. The van der Waals surface area contributed by atoms with Gasteiger partial charge in [0.15, 0.2) is 0 Å². The SMILES string of the molecule is O=C(N[C@H](Cc1ccc(Br)cc1F)c1nc2ccccc2[nH]1)N[C@H]1CC[C@H](O)CC1. The molecule has 1 aromatic heterocycles. The second kappa shape index (κ2) is 9.14. The van der Waals surface area contributed by atoms with Gasteiger partial charge in [-0.15, -0.1) is 0 Å². The maximum Gasteiger partial charge on any atom is 0.315 e. The standard InChI is InChI=1S/C22H24BrFN4O2/c23-14-6-5-13(17(24)12-14)11-20(21-26-18-3-1-2-4-19(18)27-21)28-22(30)25-15-7-9-16(29)10-8-15/h1-6,12,15-16,20,29H,7-11H2,(H,26,27)(H2,25,28,30)/t15-,16-,20-/m1/s1. The third-order valence-corrected chi connectivity index (χ3v) is 6.01. The van der Waals surface area contributed by atoms with E-state index >= 15 is 0 Å². The number of amides is 2. The third-order valence-electron chi connectivity index (χ3n) is 5.51. The van der Waals surface area contributed by atoms with E-state index < -0.39 is 6.04 Å². The van der Waals surface area contributed by atoms with Crippen LogP contribution in [0, 0.1) is 5.82 Å². The van der Waals surface area contributed by atoms with Gasteiger partial charge in [0.2, 0.25) is 0 Å². The van der Waals surface area contributed by atoms with Crippen LogP contribution in [-0.2, 0) is 6.42 Å². The lowest BCUT2D eigenvalue weighted by molar-refractivity contribution is 0.117. The Bertz CT molecular complexity index is 1000. The predicted octanol–water partition coefficient (Wildman–Crippen LogP) is 4.35. The van der Waals surface area contributed by atoms with Crippen molar-refractivity contribution in [2.45, 2.75) is 50.3 Å². The first-order chi connectivity index (χ1) is 14.5. The summed E-state index contributed by atoms with van der Waals surface area (Å²) >= 11 is 3.27. The molecule has 1 heterocycles. The smallest absolute Gasteiger partial charge is 0.315 e. The molecular weight excluding hydrogens is 451 g/mol. The molecule has 4 rings (SSSR count). The van der Waals surface area contributed by atoms with Crippen LogP contribution in [0.25, 0.3) is 11.0 Å². The average Bonchev–Trinajstić information content (AvgIpc) is 3.15. The number of aliphatic hydroxyl groups excluding tert-OH is 1. The molecule has 0 saturated heterocycles. The summed E-state index contributed by atoms with van der Waals surface area (Å²) in [6, 6.07) is 11.7. The second-order valence-electron chi connectivity index (χ2n) is 7.75. The first-order valence-corrected chi connectivity index (χ1v) is 10.9. The Morgan fingerprint density at radius 1 is 1.23 bits per heavy atom. The topological polar surface area (TPSA) is 90.0 Å². The summed E-state index contributed by atoms with van der Waals surface area (Å²) in [5.41, 5.74) is 2.14. The number of rotatable bonds is 5. The third kappa shape index (κ3) is 4.99. The summed E-state index contributed by atoms with van der Waals surface area (Å²) in [4.78, 5) is 20.5. The summed E-state index contributed by atoms with van der Waals surface area (Å²) in [7, 11) is 0. The van der Waals surface area contributed by atoms with Gasteiger partial charge in [0, 0.05) is 16.9 Å². The number of carbonyl (C=O) groups excluding carboxylic acids is 1. The molecule has 6 nitrogen and oxygen atoms in total. The van der Waals surface area contributed by atoms with Crippen LogP contribution >= 0.6 is 15.9 Å². The van der Waals surface area contributed by atoms with Gasteiger partial charge < -0.3 is 20.7 Å². The van der Waals surface area contributed by atoms with Crippen molar-refractivity contribution in [2.75, 3.05) is 0 Å². The maximum absolute atomic E-state index is 14.5. The van der Waals surface area contributed by atoms with Crippen molar-refractivity contribution in [1.82, 2.24) is 20.6 Å². The molecule has 0 unspecified atom stereocenters. The highest BCUT2D eigenvalue weighted by molar-refractivity contribution is 9.10. The van der Waals surface area contributed by atoms with Gasteiger partial charge >= 0.3 is 6.03 Å². The van der Waals surface area contributed by atoms with Gasteiger partial charge in [-0.1, -0.05) is 34.1 Å². The van der Waals surface area contributed by atoms with Crippen molar-refractivity contribution in [1.29, 1.82) is 0 Å². The number of aliphatic hydroxyl groups is 1. The summed E-state index contributed by atoms with van der Waals surface area (Å²) < 4.78 is 15.1. The summed E-state index contributed by atoms with van der Waals surface area (Å²) in [5.74, 6) is 0.238. The molecule has 8 heteroatoms. The summed E-state index contributed by atoms with van der Waals surface area (Å²) in [6.07, 6.45) is 2.82. The minimum atomic E-state index is -0.526. The van der Waals surface area contributed by atoms with E-state index in [1.165, 1.54) is 6.07 Å². The largest absolute Gasteiger partial charge is 0.393 e. The normalized spacial score (nSPS) is 20.1. The van der Waals surface area contributed by atoms with Crippen LogP contribution in [0.4, 0.5) is 9.18 Å². The van der Waals surface area contributed by atoms with Crippen LogP contribution in [0.1, 0.15) is 43.1 Å². The molecule has 1 aliphatic rings. The fourth-order valence-corrected chi connectivity index (χ4v) is 4.20. The molecule has 1 saturated carbocycles. The van der Waals surface area contributed by atoms with Crippen LogP contribution in [-0.4, -0.2) is 33.3 Å². The van der Waals surface area contributed by atoms with E-state index in [9.17, 15) is 14.3 Å². The quantitative estimate of drug-likeness (QED) is 0.442. The molecule has 0 spiro atoms. The molecule has 1 fully saturated rings. The molecule has 30 heavy (non-hydrogen) atoms. The van der Waals surface area contributed by atoms with Crippen molar-refractivity contribution in [3.8, 4) is 0 Å². The number of benzene rings is 2. The highest BCUT2D eigenvalue weighted by atomic mass is 79.9. The number of hydrogen-bond donors (Lipinski definition) is 4. The van der Waals surface area contributed by atoms with E-state index in [0.29, 0.717) is 28.7 Å². The number of carbonyl (C=O) groups is 1. The Labute approximate surface area is 182 Å². The number of urea groups is 1. The number of nitrogens with zero attached hydrogens (tertiary/aromatic N) is 1. The van der Waals surface area contributed by atoms with Gasteiger partial charge in [-0.3, -0.25) is 0 Å². The van der Waals surface area contributed by atoms with Crippen LogP contribution in [0.15, 0.2) is 46.9 Å². The monoisotopic (exact) mass is 474 g/mol. The Kier molecular flexibility index (Phi) is 6.34. The van der Waals surface area contributed by atoms with Crippen LogP contribution < -0.4 is 10.6 Å². The van der Waals surface area contributed by atoms with Gasteiger partial charge in [-0.05, 0) is 55.5 Å². The molecule has 0 aliphatic heterocycles. The van der Waals surface area contributed by atoms with E-state index in [1.807, 2.05) is 24.3 Å². The fraction of sp³-hybridized carbons (Fsp3) is 0.364. The first kappa shape index (κ1) is 20.8. The molecule has 0 radical (unpaired) electrons. The van der Waals surface area contributed by atoms with Gasteiger partial charge in [0.1, 0.15) is 11.6 Å². The number of H-pyrrole nitrogens is 1. The number of para-hydroxylation sites is 2. The first-order valence-electron chi connectivity index (χ1n) is 10.1. The molecule has 2 aromatic carbocycles. The fourth-order valence-electron chi connectivity index (χ4n) is 3.87. The highest BCUT2D eigenvalue weighted by Crippen LogP contribution is 2.24. The van der Waals surface area contributed by atoms with Gasteiger partial charge in [-0.25, -0.2) is 14.2 Å². The van der Waals surface area contributed by atoms with E-state index in [2.05, 4.69) is 36.5 Å². The molecule has 1 atom stereocenters. The predicted molar refractivity (Wildman–Crippen MR) is 117 cm³/mol. The zero-order chi connectivity index (χ0) is 21.1. The number of fused-ring (bicyclic) bond motifs is 1. The zero-order valence-electron chi connectivity index (χ0n) is 16.4. The lowest BCUT2D eigenvalue weighted by Crippen LogP contribution is -2.45. The molecule has 158 valence electrons. The van der Waals surface area contributed by atoms with Crippen molar-refractivity contribution >= 4 is 33.0 Å². The minimum absolute atomic E-state index is 0.0224. The van der Waals surface area contributed by atoms with Crippen molar-refractivity contribution in [3.05, 3.63) is 64.1 Å². The van der Waals surface area contributed by atoms with Crippen molar-refractivity contribution in [2.24, 2.45) is 0 Å². The Balaban J connectivity index is 1.54. The number of aromatic nitrogens is 2. The van der Waals surface area contributed by atoms with E-state index in [4.69, 9.17) is 0 Å². The van der Waals surface area contributed by atoms with Gasteiger partial charge in [-0.2, -0.15) is 0 Å². The van der Waals surface area contributed by atoms with Crippen LogP contribution in [0.2, 0.25) is 0 Å². The van der Waals surface area contributed by atoms with Crippen molar-refractivity contribution in [3.63, 3.8) is 0 Å². The van der Waals surface area contributed by atoms with Crippen molar-refractivity contribution < 1.29 is 14.3 Å². The zero-order valence-corrected chi connectivity index (χ0v) is 18.0. The number of nitrogens with one attached hydrogen (secondary N) is 3. The Hall–Kier alpha value is -2.45. The number of hydrogen-bond acceptors (Lipinski definition) is 3. The molecule has 4 N–H and O–H groups in total. The lowest BCUT2D eigenvalue weighted by atomic mass is 9.93. The highest BCUT2D eigenvalue weighted by Gasteiger charge is 2.24. The van der Waals surface area contributed by atoms with E-state index in [1.54, 1.807) is 12.1 Å². The van der Waals surface area contributed by atoms with Crippen LogP contribution in [0.3, 0.4) is 0 Å². The second-order valence-corrected chi connectivity index (χ2v) is 8.67. The lowest BCUT2D eigenvalue weighted by Gasteiger charge is -2.27. The molecule has 1 aliphatic carbocycles. The number of halogens is 2. The Morgan fingerprint density at radius 3 is 2.73 bits per heavy atom. The molecule has 0 bridgehead atoms. The summed E-state index contributed by atoms with van der Waals surface area (Å²) in [6.45, 7) is 0. The van der Waals surface area contributed by atoms with E-state index in [-0.39, 0.29) is 30.4 Å². The summed E-state index contributed by atoms with van der Waals surface area (Å²) in [5, 5.41) is 15.6. The molecule has 3 aromatic rings. The average molecular weight is 475 g/mol. The van der Waals surface area contributed by atoms with Gasteiger partial charge in [0.05, 0.1) is 23.2 Å². The molecule has 2 amide bonds. The van der Waals surface area contributed by atoms with Crippen LogP contribution in [0.5, 0.6) is 0 Å². The minimum Gasteiger partial charge on any atom is -0.393 e.